The van der Waals surface area contributed by atoms with E-state index in [0.717, 1.165) is 17.8 Å². The van der Waals surface area contributed by atoms with Gasteiger partial charge in [-0.25, -0.2) is 4.39 Å². The molecule has 1 aromatic rings. The molecule has 1 aliphatic rings. The molecule has 2 amide bonds. The summed E-state index contributed by atoms with van der Waals surface area (Å²) in [5, 5.41) is 10.1. The van der Waals surface area contributed by atoms with Crippen molar-refractivity contribution >= 4 is 22.9 Å². The number of nitrogens with one attached hydrogen (secondary N) is 1. The fourth-order valence-corrected chi connectivity index (χ4v) is 2.28. The first kappa shape index (κ1) is 10.9. The fourth-order valence-electron chi connectivity index (χ4n) is 1.43. The van der Waals surface area contributed by atoms with E-state index in [2.05, 4.69) is 5.32 Å². The largest absolute Gasteiger partial charge is 0.508 e. The van der Waals surface area contributed by atoms with Gasteiger partial charge in [0, 0.05) is 6.07 Å². The topological polar surface area (TPSA) is 66.4 Å². The Labute approximate surface area is 94.8 Å². The van der Waals surface area contributed by atoms with E-state index in [1.165, 1.54) is 12.1 Å². The Kier molecular flexibility index (Phi) is 2.82. The second-order valence-electron chi connectivity index (χ2n) is 3.36. The molecule has 16 heavy (non-hydrogen) atoms. The maximum Gasteiger partial charge on any atom is 0.286 e. The summed E-state index contributed by atoms with van der Waals surface area (Å²) in [6.45, 7) is 0. The lowest BCUT2D eigenvalue weighted by molar-refractivity contribution is -0.118. The van der Waals surface area contributed by atoms with Gasteiger partial charge < -0.3 is 5.11 Å². The minimum Gasteiger partial charge on any atom is -0.508 e. The highest BCUT2D eigenvalue weighted by atomic mass is 32.2. The lowest BCUT2D eigenvalue weighted by atomic mass is 10.1. The Morgan fingerprint density at radius 3 is 2.75 bits per heavy atom. The van der Waals surface area contributed by atoms with Gasteiger partial charge in [-0.1, -0.05) is 17.8 Å². The summed E-state index contributed by atoms with van der Waals surface area (Å²) in [5.41, 5.74) is 0.306. The molecule has 0 radical (unpaired) electrons. The van der Waals surface area contributed by atoms with Crippen molar-refractivity contribution in [1.29, 1.82) is 0 Å². The Morgan fingerprint density at radius 1 is 1.44 bits per heavy atom. The maximum atomic E-state index is 13.3. The van der Waals surface area contributed by atoms with Crippen LogP contribution in [-0.2, 0) is 11.2 Å². The highest BCUT2D eigenvalue weighted by molar-refractivity contribution is 8.15. The first-order valence-corrected chi connectivity index (χ1v) is 5.43. The number of rotatable bonds is 2. The van der Waals surface area contributed by atoms with Gasteiger partial charge in [0.15, 0.2) is 0 Å². The monoisotopic (exact) mass is 241 g/mol. The van der Waals surface area contributed by atoms with Crippen LogP contribution in [0, 0.1) is 5.82 Å². The molecule has 0 aliphatic carbocycles. The van der Waals surface area contributed by atoms with E-state index >= 15 is 0 Å². The lowest BCUT2D eigenvalue weighted by Crippen LogP contribution is -2.25. The fraction of sp³-hybridized carbons (Fsp3) is 0.200. The first-order valence-electron chi connectivity index (χ1n) is 4.55. The molecule has 2 rings (SSSR count). The number of hydrogen-bond donors (Lipinski definition) is 2. The third-order valence-corrected chi connectivity index (χ3v) is 3.19. The SMILES string of the molecule is O=C1NC(=O)C(Cc2ccc(O)cc2F)S1. The number of carbonyl (C=O) groups excluding carboxylic acids is 2. The van der Waals surface area contributed by atoms with Crippen molar-refractivity contribution in [3.05, 3.63) is 29.6 Å². The Bertz CT molecular complexity index is 463. The van der Waals surface area contributed by atoms with Crippen LogP contribution in [0.2, 0.25) is 0 Å². The van der Waals surface area contributed by atoms with Crippen LogP contribution in [0.1, 0.15) is 5.56 Å². The van der Waals surface area contributed by atoms with Gasteiger partial charge in [0.05, 0.1) is 5.25 Å². The molecule has 1 aliphatic heterocycles. The third kappa shape index (κ3) is 2.16. The second-order valence-corrected chi connectivity index (χ2v) is 4.54. The summed E-state index contributed by atoms with van der Waals surface area (Å²) < 4.78 is 13.3. The highest BCUT2D eigenvalue weighted by Gasteiger charge is 2.32. The quantitative estimate of drug-likeness (QED) is 0.822. The summed E-state index contributed by atoms with van der Waals surface area (Å²) in [6, 6.07) is 3.73. The van der Waals surface area contributed by atoms with E-state index in [0.29, 0.717) is 5.56 Å². The van der Waals surface area contributed by atoms with Gasteiger partial charge in [0.2, 0.25) is 5.91 Å². The minimum atomic E-state index is -0.591. The molecule has 84 valence electrons. The number of amides is 2. The van der Waals surface area contributed by atoms with Crippen molar-refractivity contribution in [2.24, 2.45) is 0 Å². The molecule has 0 spiro atoms. The van der Waals surface area contributed by atoms with Gasteiger partial charge in [-0.05, 0) is 18.1 Å². The van der Waals surface area contributed by atoms with Crippen molar-refractivity contribution < 1.29 is 19.1 Å². The van der Waals surface area contributed by atoms with Gasteiger partial charge >= 0.3 is 0 Å². The molecule has 1 heterocycles. The Balaban J connectivity index is 2.15. The summed E-state index contributed by atoms with van der Waals surface area (Å²) >= 11 is 0.853. The predicted molar refractivity (Wildman–Crippen MR) is 56.7 cm³/mol. The molecule has 0 saturated carbocycles. The predicted octanol–water partition coefficient (Wildman–Crippen LogP) is 1.43. The summed E-state index contributed by atoms with van der Waals surface area (Å²) in [6.07, 6.45) is 0.133. The summed E-state index contributed by atoms with van der Waals surface area (Å²) in [4.78, 5) is 22.1. The highest BCUT2D eigenvalue weighted by Crippen LogP contribution is 2.25. The van der Waals surface area contributed by atoms with E-state index in [-0.39, 0.29) is 12.2 Å². The van der Waals surface area contributed by atoms with Crippen molar-refractivity contribution in [2.75, 3.05) is 0 Å². The molecule has 1 fully saturated rings. The smallest absolute Gasteiger partial charge is 0.286 e. The molecule has 1 atom stereocenters. The Hall–Kier alpha value is -1.56. The van der Waals surface area contributed by atoms with E-state index in [1.54, 1.807) is 0 Å². The van der Waals surface area contributed by atoms with Crippen molar-refractivity contribution in [3.63, 3.8) is 0 Å². The van der Waals surface area contributed by atoms with Crippen LogP contribution < -0.4 is 5.32 Å². The lowest BCUT2D eigenvalue weighted by Gasteiger charge is -2.06. The van der Waals surface area contributed by atoms with Gasteiger partial charge in [-0.3, -0.25) is 14.9 Å². The average molecular weight is 241 g/mol. The van der Waals surface area contributed by atoms with Gasteiger partial charge in [0.25, 0.3) is 5.24 Å². The van der Waals surface area contributed by atoms with Crippen LogP contribution in [0.4, 0.5) is 9.18 Å². The van der Waals surface area contributed by atoms with Crippen LogP contribution in [-0.4, -0.2) is 21.5 Å². The molecule has 1 aromatic carbocycles. The first-order chi connectivity index (χ1) is 7.56. The molecule has 1 saturated heterocycles. The molecule has 1 unspecified atom stereocenters. The molecule has 0 bridgehead atoms. The van der Waals surface area contributed by atoms with Crippen molar-refractivity contribution in [1.82, 2.24) is 5.32 Å². The van der Waals surface area contributed by atoms with E-state index in [1.807, 2.05) is 0 Å². The van der Waals surface area contributed by atoms with Gasteiger partial charge in [0.1, 0.15) is 11.6 Å². The van der Waals surface area contributed by atoms with E-state index in [9.17, 15) is 14.0 Å². The van der Waals surface area contributed by atoms with Crippen molar-refractivity contribution in [2.45, 2.75) is 11.7 Å². The number of halogens is 1. The number of phenolic OH excluding ortho intramolecular Hbond substituents is 1. The number of phenols is 1. The van der Waals surface area contributed by atoms with Crippen molar-refractivity contribution in [3.8, 4) is 5.75 Å². The number of aromatic hydroxyl groups is 1. The zero-order chi connectivity index (χ0) is 11.7. The minimum absolute atomic E-state index is 0.133. The zero-order valence-electron chi connectivity index (χ0n) is 8.07. The normalized spacial score (nSPS) is 19.9. The standard InChI is InChI=1S/C10H8FNO3S/c11-7-4-6(13)2-1-5(7)3-8-9(14)12-10(15)16-8/h1-2,4,8,13H,3H2,(H,12,14,15). The maximum absolute atomic E-state index is 13.3. The van der Waals surface area contributed by atoms with E-state index in [4.69, 9.17) is 5.11 Å². The number of imide groups is 1. The molecule has 0 aromatic heterocycles. The van der Waals surface area contributed by atoms with Crippen LogP contribution in [0.25, 0.3) is 0 Å². The number of hydrogen-bond acceptors (Lipinski definition) is 4. The van der Waals surface area contributed by atoms with Gasteiger partial charge in [-0.15, -0.1) is 0 Å². The molecule has 6 heteroatoms. The van der Waals surface area contributed by atoms with Crippen LogP contribution in [0.3, 0.4) is 0 Å². The zero-order valence-corrected chi connectivity index (χ0v) is 8.88. The molecular weight excluding hydrogens is 233 g/mol. The third-order valence-electron chi connectivity index (χ3n) is 2.21. The van der Waals surface area contributed by atoms with Gasteiger partial charge in [-0.2, -0.15) is 0 Å². The molecular formula is C10H8FNO3S. The number of benzene rings is 1. The average Bonchev–Trinajstić information content (AvgIpc) is 2.50. The Morgan fingerprint density at radius 2 is 2.19 bits per heavy atom. The summed E-state index contributed by atoms with van der Waals surface area (Å²) in [7, 11) is 0. The van der Waals surface area contributed by atoms with Crippen LogP contribution >= 0.6 is 11.8 Å². The second kappa shape index (κ2) is 4.13. The summed E-state index contributed by atoms with van der Waals surface area (Å²) in [5.74, 6) is -1.14. The van der Waals surface area contributed by atoms with Crippen LogP contribution in [0.5, 0.6) is 5.75 Å². The van der Waals surface area contributed by atoms with Crippen LogP contribution in [0.15, 0.2) is 18.2 Å². The number of carbonyl (C=O) groups is 2. The van der Waals surface area contributed by atoms with E-state index < -0.39 is 22.2 Å². The molecule has 2 N–H and O–H groups in total. The molecule has 4 nitrogen and oxygen atoms in total. The number of thioether (sulfide) groups is 1.